The fourth-order valence-electron chi connectivity index (χ4n) is 1.49. The Morgan fingerprint density at radius 3 is 2.71 bits per heavy atom. The van der Waals surface area contributed by atoms with Gasteiger partial charge in [0.1, 0.15) is 5.75 Å². The van der Waals surface area contributed by atoms with E-state index >= 15 is 0 Å². The molecule has 1 aromatic heterocycles. The van der Waals surface area contributed by atoms with Gasteiger partial charge in [0.2, 0.25) is 0 Å². The molecule has 1 N–H and O–H groups in total. The zero-order valence-electron chi connectivity index (χ0n) is 10.7. The summed E-state index contributed by atoms with van der Waals surface area (Å²) >= 11 is 19.2. The molecule has 0 bridgehead atoms. The van der Waals surface area contributed by atoms with Gasteiger partial charge in [0.15, 0.2) is 6.61 Å². The standard InChI is InChI=1S/C13H11Cl3N2O2S/c14-8-5-10(16)11(6-9(8)15)20-7-12(19)17-2-1-13-18-3-4-21-13/h3-6H,1-2,7H2,(H,17,19). The molecule has 0 unspecified atom stereocenters. The van der Waals surface area contributed by atoms with Gasteiger partial charge in [-0.05, 0) is 6.07 Å². The lowest BCUT2D eigenvalue weighted by molar-refractivity contribution is -0.123. The normalized spacial score (nSPS) is 10.4. The SMILES string of the molecule is O=C(COc1cc(Cl)c(Cl)cc1Cl)NCCc1nccs1. The molecule has 8 heteroatoms. The van der Waals surface area contributed by atoms with E-state index in [4.69, 9.17) is 39.5 Å². The number of nitrogens with one attached hydrogen (secondary N) is 1. The number of aromatic nitrogens is 1. The smallest absolute Gasteiger partial charge is 0.257 e. The molecule has 1 aromatic carbocycles. The van der Waals surface area contributed by atoms with Crippen molar-refractivity contribution >= 4 is 52.0 Å². The lowest BCUT2D eigenvalue weighted by Gasteiger charge is -2.09. The highest BCUT2D eigenvalue weighted by Crippen LogP contribution is 2.33. The van der Waals surface area contributed by atoms with Gasteiger partial charge in [-0.3, -0.25) is 4.79 Å². The summed E-state index contributed by atoms with van der Waals surface area (Å²) < 4.78 is 5.32. The summed E-state index contributed by atoms with van der Waals surface area (Å²) in [4.78, 5) is 15.8. The minimum absolute atomic E-state index is 0.143. The first-order valence-corrected chi connectivity index (χ1v) is 8.00. The summed E-state index contributed by atoms with van der Waals surface area (Å²) in [6, 6.07) is 2.95. The van der Waals surface area contributed by atoms with E-state index in [0.717, 1.165) is 5.01 Å². The highest BCUT2D eigenvalue weighted by Gasteiger charge is 2.09. The Labute approximate surface area is 141 Å². The summed E-state index contributed by atoms with van der Waals surface area (Å²) in [5.74, 6) is 0.0786. The van der Waals surface area contributed by atoms with Crippen LogP contribution in [0.3, 0.4) is 0 Å². The van der Waals surface area contributed by atoms with Crippen LogP contribution in [0.25, 0.3) is 0 Å². The highest BCUT2D eigenvalue weighted by molar-refractivity contribution is 7.09. The largest absolute Gasteiger partial charge is 0.482 e. The van der Waals surface area contributed by atoms with Crippen LogP contribution in [0.2, 0.25) is 15.1 Å². The van der Waals surface area contributed by atoms with Gasteiger partial charge in [-0.25, -0.2) is 4.98 Å². The van der Waals surface area contributed by atoms with Crippen LogP contribution >= 0.6 is 46.1 Å². The quantitative estimate of drug-likeness (QED) is 0.791. The third-order valence-electron chi connectivity index (χ3n) is 2.48. The number of ether oxygens (including phenoxy) is 1. The van der Waals surface area contributed by atoms with Crippen molar-refractivity contribution in [1.82, 2.24) is 10.3 Å². The maximum atomic E-state index is 11.7. The van der Waals surface area contributed by atoms with Gasteiger partial charge < -0.3 is 10.1 Å². The third-order valence-corrected chi connectivity index (χ3v) is 4.34. The molecule has 0 radical (unpaired) electrons. The second-order valence-electron chi connectivity index (χ2n) is 4.01. The molecule has 0 aliphatic rings. The number of nitrogens with zero attached hydrogens (tertiary/aromatic N) is 1. The number of benzene rings is 1. The lowest BCUT2D eigenvalue weighted by Crippen LogP contribution is -2.30. The van der Waals surface area contributed by atoms with Crippen molar-refractivity contribution in [3.05, 3.63) is 43.8 Å². The van der Waals surface area contributed by atoms with E-state index in [9.17, 15) is 4.79 Å². The van der Waals surface area contributed by atoms with Gasteiger partial charge >= 0.3 is 0 Å². The van der Waals surface area contributed by atoms with Gasteiger partial charge in [0.25, 0.3) is 5.91 Å². The fraction of sp³-hybridized carbons (Fsp3) is 0.231. The number of halogens is 3. The molecule has 1 amide bonds. The van der Waals surface area contributed by atoms with Crippen molar-refractivity contribution in [1.29, 1.82) is 0 Å². The minimum Gasteiger partial charge on any atom is -0.482 e. The molecule has 1 heterocycles. The van der Waals surface area contributed by atoms with Crippen LogP contribution in [0.15, 0.2) is 23.7 Å². The average molecular weight is 366 g/mol. The fourth-order valence-corrected chi connectivity index (χ4v) is 2.71. The highest BCUT2D eigenvalue weighted by atomic mass is 35.5. The summed E-state index contributed by atoms with van der Waals surface area (Å²) in [6.45, 7) is 0.361. The molecule has 0 fully saturated rings. The Hall–Kier alpha value is -1.01. The number of carbonyl (C=O) groups excluding carboxylic acids is 1. The van der Waals surface area contributed by atoms with Crippen LogP contribution in [0.4, 0.5) is 0 Å². The van der Waals surface area contributed by atoms with E-state index in [1.165, 1.54) is 12.1 Å². The van der Waals surface area contributed by atoms with Crippen LogP contribution in [0, 0.1) is 0 Å². The number of hydrogen-bond acceptors (Lipinski definition) is 4. The lowest BCUT2D eigenvalue weighted by atomic mass is 10.3. The maximum absolute atomic E-state index is 11.7. The molecule has 0 spiro atoms. The van der Waals surface area contributed by atoms with Gasteiger partial charge in [-0.15, -0.1) is 11.3 Å². The predicted octanol–water partition coefficient (Wildman–Crippen LogP) is 3.84. The Bertz CT molecular complexity index is 620. The van der Waals surface area contributed by atoms with Crippen molar-refractivity contribution in [3.63, 3.8) is 0 Å². The van der Waals surface area contributed by atoms with Crippen LogP contribution < -0.4 is 10.1 Å². The number of amides is 1. The molecule has 2 rings (SSSR count). The van der Waals surface area contributed by atoms with Crippen LogP contribution in [-0.2, 0) is 11.2 Å². The van der Waals surface area contributed by atoms with Gasteiger partial charge in [0, 0.05) is 30.6 Å². The number of hydrogen-bond donors (Lipinski definition) is 1. The molecule has 2 aromatic rings. The van der Waals surface area contributed by atoms with Gasteiger partial charge in [-0.1, -0.05) is 34.8 Å². The van der Waals surface area contributed by atoms with Crippen molar-refractivity contribution < 1.29 is 9.53 Å². The Balaban J connectivity index is 1.77. The first kappa shape index (κ1) is 16.4. The molecule has 0 aliphatic carbocycles. The Morgan fingerprint density at radius 1 is 1.24 bits per heavy atom. The summed E-state index contributed by atoms with van der Waals surface area (Å²) in [5, 5.41) is 6.57. The summed E-state index contributed by atoms with van der Waals surface area (Å²) in [6.07, 6.45) is 2.42. The second-order valence-corrected chi connectivity index (χ2v) is 6.21. The molecule has 112 valence electrons. The number of carbonyl (C=O) groups is 1. The number of rotatable bonds is 6. The zero-order valence-corrected chi connectivity index (χ0v) is 13.8. The van der Waals surface area contributed by atoms with E-state index in [-0.39, 0.29) is 12.5 Å². The van der Waals surface area contributed by atoms with Crippen molar-refractivity contribution in [3.8, 4) is 5.75 Å². The molecule has 0 atom stereocenters. The molecule has 0 saturated heterocycles. The monoisotopic (exact) mass is 364 g/mol. The van der Waals surface area contributed by atoms with Crippen molar-refractivity contribution in [2.24, 2.45) is 0 Å². The van der Waals surface area contributed by atoms with Crippen molar-refractivity contribution in [2.45, 2.75) is 6.42 Å². The number of thiazole rings is 1. The van der Waals surface area contributed by atoms with Crippen LogP contribution in [0.1, 0.15) is 5.01 Å². The molecular formula is C13H11Cl3N2O2S. The Morgan fingerprint density at radius 2 is 2.00 bits per heavy atom. The minimum atomic E-state index is -0.242. The van der Waals surface area contributed by atoms with Crippen LogP contribution in [-0.4, -0.2) is 24.0 Å². The van der Waals surface area contributed by atoms with Crippen molar-refractivity contribution in [2.75, 3.05) is 13.2 Å². The van der Waals surface area contributed by atoms with E-state index in [0.29, 0.717) is 33.8 Å². The first-order chi connectivity index (χ1) is 10.1. The van der Waals surface area contributed by atoms with E-state index in [1.54, 1.807) is 17.5 Å². The van der Waals surface area contributed by atoms with E-state index in [2.05, 4.69) is 10.3 Å². The average Bonchev–Trinajstić information content (AvgIpc) is 2.94. The maximum Gasteiger partial charge on any atom is 0.257 e. The summed E-state index contributed by atoms with van der Waals surface area (Å²) in [5.41, 5.74) is 0. The molecule has 21 heavy (non-hydrogen) atoms. The van der Waals surface area contributed by atoms with Crippen LogP contribution in [0.5, 0.6) is 5.75 Å². The van der Waals surface area contributed by atoms with Gasteiger partial charge in [0.05, 0.1) is 20.1 Å². The predicted molar refractivity (Wildman–Crippen MR) is 85.8 cm³/mol. The Kier molecular flexibility index (Phi) is 6.11. The molecule has 4 nitrogen and oxygen atoms in total. The first-order valence-electron chi connectivity index (χ1n) is 5.98. The molecule has 0 saturated carbocycles. The zero-order chi connectivity index (χ0) is 15.2. The van der Waals surface area contributed by atoms with E-state index in [1.807, 2.05) is 5.38 Å². The topological polar surface area (TPSA) is 51.2 Å². The molecular weight excluding hydrogens is 355 g/mol. The third kappa shape index (κ3) is 5.04. The second kappa shape index (κ2) is 7.84. The molecule has 0 aliphatic heterocycles. The van der Waals surface area contributed by atoms with Gasteiger partial charge in [-0.2, -0.15) is 0 Å². The van der Waals surface area contributed by atoms with E-state index < -0.39 is 0 Å². The summed E-state index contributed by atoms with van der Waals surface area (Å²) in [7, 11) is 0.